The standard InChI is InChI=1S/C28H24N2O5/c1-17-7-8-18(2)24(13-17)30-26(32)22-10-9-20(14-23(22)27(30)33)28(34)35-16-25(31)29-12-11-19-5-3-4-6-21(19)15-29/h3-10,13-14H,11-12,15-16H2,1-2H3. The van der Waals surface area contributed by atoms with Crippen molar-refractivity contribution in [2.45, 2.75) is 26.8 Å². The summed E-state index contributed by atoms with van der Waals surface area (Å²) in [6.45, 7) is 4.38. The quantitative estimate of drug-likeness (QED) is 0.429. The van der Waals surface area contributed by atoms with E-state index in [1.807, 2.05) is 44.2 Å². The summed E-state index contributed by atoms with van der Waals surface area (Å²) in [6.07, 6.45) is 0.758. The monoisotopic (exact) mass is 468 g/mol. The minimum absolute atomic E-state index is 0.115. The van der Waals surface area contributed by atoms with Crippen molar-refractivity contribution in [2.24, 2.45) is 0 Å². The number of hydrogen-bond acceptors (Lipinski definition) is 5. The third-order valence-electron chi connectivity index (χ3n) is 6.54. The third kappa shape index (κ3) is 4.10. The van der Waals surface area contributed by atoms with Gasteiger partial charge in [-0.1, -0.05) is 36.4 Å². The first-order valence-corrected chi connectivity index (χ1v) is 11.5. The molecular weight excluding hydrogens is 444 g/mol. The number of rotatable bonds is 4. The lowest BCUT2D eigenvalue weighted by atomic mass is 10.00. The minimum Gasteiger partial charge on any atom is -0.452 e. The van der Waals surface area contributed by atoms with E-state index >= 15 is 0 Å². The van der Waals surface area contributed by atoms with Gasteiger partial charge in [-0.3, -0.25) is 14.4 Å². The molecule has 0 radical (unpaired) electrons. The van der Waals surface area contributed by atoms with Gasteiger partial charge in [0.2, 0.25) is 0 Å². The number of fused-ring (bicyclic) bond motifs is 2. The third-order valence-corrected chi connectivity index (χ3v) is 6.54. The van der Waals surface area contributed by atoms with Gasteiger partial charge in [0.15, 0.2) is 6.61 Å². The lowest BCUT2D eigenvalue weighted by molar-refractivity contribution is -0.135. The summed E-state index contributed by atoms with van der Waals surface area (Å²) < 4.78 is 5.26. The van der Waals surface area contributed by atoms with E-state index in [4.69, 9.17) is 4.74 Å². The van der Waals surface area contributed by atoms with Gasteiger partial charge in [-0.2, -0.15) is 0 Å². The summed E-state index contributed by atoms with van der Waals surface area (Å²) in [5.41, 5.74) is 5.05. The lowest BCUT2D eigenvalue weighted by Crippen LogP contribution is -2.38. The summed E-state index contributed by atoms with van der Waals surface area (Å²) in [6, 6.07) is 17.8. The second kappa shape index (κ2) is 8.83. The number of aryl methyl sites for hydroxylation is 2. The fraction of sp³-hybridized carbons (Fsp3) is 0.214. The van der Waals surface area contributed by atoms with Crippen LogP contribution in [0.25, 0.3) is 0 Å². The number of carbonyl (C=O) groups excluding carboxylic acids is 4. The van der Waals surface area contributed by atoms with Gasteiger partial charge < -0.3 is 9.64 Å². The first kappa shape index (κ1) is 22.5. The van der Waals surface area contributed by atoms with Gasteiger partial charge in [0.05, 0.1) is 22.4 Å². The molecule has 0 fully saturated rings. The Balaban J connectivity index is 1.28. The van der Waals surface area contributed by atoms with Crippen LogP contribution in [0.4, 0.5) is 5.69 Å². The van der Waals surface area contributed by atoms with E-state index < -0.39 is 17.8 Å². The van der Waals surface area contributed by atoms with Crippen LogP contribution in [0.3, 0.4) is 0 Å². The molecule has 0 atom stereocenters. The molecular formula is C28H24N2O5. The highest BCUT2D eigenvalue weighted by molar-refractivity contribution is 6.35. The van der Waals surface area contributed by atoms with E-state index in [1.54, 1.807) is 11.0 Å². The van der Waals surface area contributed by atoms with E-state index in [0.717, 1.165) is 28.0 Å². The molecule has 3 amide bonds. The molecule has 0 spiro atoms. The van der Waals surface area contributed by atoms with Crippen molar-refractivity contribution >= 4 is 29.4 Å². The Hall–Kier alpha value is -4.26. The van der Waals surface area contributed by atoms with Crippen LogP contribution in [0.15, 0.2) is 60.7 Å². The van der Waals surface area contributed by atoms with Crippen LogP contribution in [-0.4, -0.2) is 41.7 Å². The zero-order valence-corrected chi connectivity index (χ0v) is 19.5. The van der Waals surface area contributed by atoms with E-state index in [9.17, 15) is 19.2 Å². The molecule has 2 heterocycles. The molecule has 2 aliphatic rings. The van der Waals surface area contributed by atoms with Crippen molar-refractivity contribution in [1.29, 1.82) is 0 Å². The molecule has 7 heteroatoms. The molecule has 5 rings (SSSR count). The number of nitrogens with zero attached hydrogens (tertiary/aromatic N) is 2. The van der Waals surface area contributed by atoms with E-state index in [1.165, 1.54) is 23.8 Å². The van der Waals surface area contributed by atoms with Crippen molar-refractivity contribution in [3.8, 4) is 0 Å². The topological polar surface area (TPSA) is 84.0 Å². The molecule has 3 aromatic carbocycles. The van der Waals surface area contributed by atoms with Gasteiger partial charge in [-0.25, -0.2) is 9.69 Å². The lowest BCUT2D eigenvalue weighted by Gasteiger charge is -2.28. The largest absolute Gasteiger partial charge is 0.452 e. The first-order valence-electron chi connectivity index (χ1n) is 11.5. The zero-order valence-electron chi connectivity index (χ0n) is 19.5. The molecule has 2 aliphatic heterocycles. The molecule has 0 aliphatic carbocycles. The summed E-state index contributed by atoms with van der Waals surface area (Å²) in [4.78, 5) is 54.2. The maximum atomic E-state index is 13.1. The highest BCUT2D eigenvalue weighted by Gasteiger charge is 2.38. The van der Waals surface area contributed by atoms with Crippen molar-refractivity contribution < 1.29 is 23.9 Å². The fourth-order valence-corrected chi connectivity index (χ4v) is 4.56. The number of hydrogen-bond donors (Lipinski definition) is 0. The highest BCUT2D eigenvalue weighted by Crippen LogP contribution is 2.32. The van der Waals surface area contributed by atoms with Crippen molar-refractivity contribution in [2.75, 3.05) is 18.1 Å². The number of anilines is 1. The molecule has 3 aromatic rings. The van der Waals surface area contributed by atoms with Gasteiger partial charge in [0, 0.05) is 13.1 Å². The fourth-order valence-electron chi connectivity index (χ4n) is 4.56. The smallest absolute Gasteiger partial charge is 0.338 e. The number of ether oxygens (including phenoxy) is 1. The summed E-state index contributed by atoms with van der Waals surface area (Å²) in [7, 11) is 0. The second-order valence-electron chi connectivity index (χ2n) is 8.91. The van der Waals surface area contributed by atoms with Crippen LogP contribution in [-0.2, 0) is 22.5 Å². The van der Waals surface area contributed by atoms with Gasteiger partial charge in [0.1, 0.15) is 0 Å². The zero-order chi connectivity index (χ0) is 24.7. The highest BCUT2D eigenvalue weighted by atomic mass is 16.5. The predicted octanol–water partition coefficient (Wildman–Crippen LogP) is 3.85. The normalized spacial score (nSPS) is 14.6. The maximum absolute atomic E-state index is 13.1. The Morgan fingerprint density at radius 2 is 1.63 bits per heavy atom. The number of benzene rings is 3. The molecule has 0 bridgehead atoms. The van der Waals surface area contributed by atoms with Gasteiger partial charge in [0.25, 0.3) is 17.7 Å². The number of carbonyl (C=O) groups is 4. The van der Waals surface area contributed by atoms with Crippen molar-refractivity contribution in [3.63, 3.8) is 0 Å². The molecule has 35 heavy (non-hydrogen) atoms. The summed E-state index contributed by atoms with van der Waals surface area (Å²) >= 11 is 0. The van der Waals surface area contributed by atoms with Crippen LogP contribution < -0.4 is 4.90 Å². The van der Waals surface area contributed by atoms with E-state index in [-0.39, 0.29) is 29.2 Å². The van der Waals surface area contributed by atoms with Crippen molar-refractivity contribution in [3.05, 3.63) is 99.6 Å². The Labute approximate surface area is 202 Å². The SMILES string of the molecule is Cc1ccc(C)c(N2C(=O)c3ccc(C(=O)OCC(=O)N4CCc5ccccc5C4)cc3C2=O)c1. The Kier molecular flexibility index (Phi) is 5.68. The van der Waals surface area contributed by atoms with E-state index in [2.05, 4.69) is 6.07 Å². The molecule has 0 unspecified atom stereocenters. The van der Waals surface area contributed by atoms with Gasteiger partial charge in [-0.15, -0.1) is 0 Å². The molecule has 7 nitrogen and oxygen atoms in total. The Bertz CT molecular complexity index is 1390. The molecule has 0 saturated heterocycles. The van der Waals surface area contributed by atoms with Crippen LogP contribution in [0.5, 0.6) is 0 Å². The maximum Gasteiger partial charge on any atom is 0.338 e. The Morgan fingerprint density at radius 1 is 0.886 bits per heavy atom. The van der Waals surface area contributed by atoms with Crippen LogP contribution in [0, 0.1) is 13.8 Å². The Morgan fingerprint density at radius 3 is 2.43 bits per heavy atom. The van der Waals surface area contributed by atoms with Crippen LogP contribution in [0.2, 0.25) is 0 Å². The van der Waals surface area contributed by atoms with Crippen LogP contribution >= 0.6 is 0 Å². The van der Waals surface area contributed by atoms with E-state index in [0.29, 0.717) is 18.8 Å². The molecule has 0 saturated carbocycles. The second-order valence-corrected chi connectivity index (χ2v) is 8.91. The number of imide groups is 1. The minimum atomic E-state index is -0.719. The summed E-state index contributed by atoms with van der Waals surface area (Å²) in [5.74, 6) is -1.92. The number of esters is 1. The van der Waals surface area contributed by atoms with Gasteiger partial charge in [-0.05, 0) is 66.8 Å². The molecule has 0 aromatic heterocycles. The van der Waals surface area contributed by atoms with Gasteiger partial charge >= 0.3 is 5.97 Å². The van der Waals surface area contributed by atoms with Crippen molar-refractivity contribution in [1.82, 2.24) is 4.90 Å². The molecule has 176 valence electrons. The average molecular weight is 469 g/mol. The first-order chi connectivity index (χ1) is 16.8. The summed E-state index contributed by atoms with van der Waals surface area (Å²) in [5, 5.41) is 0. The number of amides is 3. The van der Waals surface area contributed by atoms with Crippen LogP contribution in [0.1, 0.15) is 53.3 Å². The average Bonchev–Trinajstić information content (AvgIpc) is 3.12. The molecule has 0 N–H and O–H groups in total. The predicted molar refractivity (Wildman–Crippen MR) is 129 cm³/mol.